The Labute approximate surface area is 88.9 Å². The Morgan fingerprint density at radius 3 is 2.14 bits per heavy atom. The second-order valence-corrected chi connectivity index (χ2v) is 6.59. The maximum Gasteiger partial charge on any atom is 0.153 e. The van der Waals surface area contributed by atoms with Crippen LogP contribution in [0.4, 0.5) is 0 Å². The summed E-state index contributed by atoms with van der Waals surface area (Å²) in [5.41, 5.74) is 0. The van der Waals surface area contributed by atoms with Gasteiger partial charge in [-0.05, 0) is 26.7 Å². The molecule has 0 spiro atoms. The SMILES string of the molecule is CS(=O)C(C)(C)C(=O)C1CCCCC1. The lowest BCUT2D eigenvalue weighted by molar-refractivity contribution is -0.125. The van der Waals surface area contributed by atoms with E-state index in [1.54, 1.807) is 20.1 Å². The summed E-state index contributed by atoms with van der Waals surface area (Å²) in [4.78, 5) is 12.1. The average molecular weight is 216 g/mol. The number of carbonyl (C=O) groups excluding carboxylic acids is 1. The van der Waals surface area contributed by atoms with Gasteiger partial charge in [-0.25, -0.2) is 0 Å². The maximum atomic E-state index is 12.1. The third-order valence-electron chi connectivity index (χ3n) is 3.29. The third-order valence-corrected chi connectivity index (χ3v) is 4.93. The third kappa shape index (κ3) is 2.44. The molecular weight excluding hydrogens is 196 g/mol. The minimum absolute atomic E-state index is 0.169. The van der Waals surface area contributed by atoms with Gasteiger partial charge in [0.15, 0.2) is 5.78 Å². The van der Waals surface area contributed by atoms with Gasteiger partial charge in [0.05, 0.1) is 4.75 Å². The fraction of sp³-hybridized carbons (Fsp3) is 0.909. The number of rotatable bonds is 3. The summed E-state index contributed by atoms with van der Waals surface area (Å²) in [5, 5.41) is 0. The van der Waals surface area contributed by atoms with E-state index in [4.69, 9.17) is 0 Å². The highest BCUT2D eigenvalue weighted by molar-refractivity contribution is 7.86. The Kier molecular flexibility index (Phi) is 3.87. The van der Waals surface area contributed by atoms with E-state index in [2.05, 4.69) is 0 Å². The van der Waals surface area contributed by atoms with Crippen LogP contribution in [0, 0.1) is 5.92 Å². The second-order valence-electron chi connectivity index (χ2n) is 4.66. The van der Waals surface area contributed by atoms with Crippen molar-refractivity contribution in [3.05, 3.63) is 0 Å². The van der Waals surface area contributed by atoms with Crippen molar-refractivity contribution < 1.29 is 9.00 Å². The molecule has 0 saturated heterocycles. The first-order chi connectivity index (χ1) is 6.46. The lowest BCUT2D eigenvalue weighted by atomic mass is 9.82. The van der Waals surface area contributed by atoms with Gasteiger partial charge in [-0.2, -0.15) is 0 Å². The molecule has 1 unspecified atom stereocenters. The second kappa shape index (κ2) is 4.56. The van der Waals surface area contributed by atoms with Gasteiger partial charge in [-0.1, -0.05) is 19.3 Å². The Hall–Kier alpha value is -0.180. The van der Waals surface area contributed by atoms with E-state index in [0.29, 0.717) is 0 Å². The predicted octanol–water partition coefficient (Wildman–Crippen LogP) is 2.29. The van der Waals surface area contributed by atoms with Gasteiger partial charge in [-0.3, -0.25) is 9.00 Å². The molecule has 1 fully saturated rings. The zero-order valence-electron chi connectivity index (χ0n) is 9.34. The smallest absolute Gasteiger partial charge is 0.153 e. The highest BCUT2D eigenvalue weighted by Gasteiger charge is 2.37. The molecular formula is C11H20O2S. The molecule has 0 aromatic rings. The fourth-order valence-electron chi connectivity index (χ4n) is 2.00. The Balaban J connectivity index is 2.67. The van der Waals surface area contributed by atoms with Crippen molar-refractivity contribution in [3.63, 3.8) is 0 Å². The lowest BCUT2D eigenvalue weighted by Crippen LogP contribution is -2.41. The molecule has 0 aliphatic heterocycles. The zero-order chi connectivity index (χ0) is 10.8. The lowest BCUT2D eigenvalue weighted by Gasteiger charge is -2.28. The normalized spacial score (nSPS) is 21.9. The number of carbonyl (C=O) groups is 1. The van der Waals surface area contributed by atoms with Crippen LogP contribution in [0.3, 0.4) is 0 Å². The van der Waals surface area contributed by atoms with Gasteiger partial charge in [-0.15, -0.1) is 0 Å². The molecule has 0 bridgehead atoms. The van der Waals surface area contributed by atoms with Gasteiger partial charge in [0.1, 0.15) is 0 Å². The summed E-state index contributed by atoms with van der Waals surface area (Å²) >= 11 is 0. The fourth-order valence-corrected chi connectivity index (χ4v) is 2.45. The molecule has 14 heavy (non-hydrogen) atoms. The van der Waals surface area contributed by atoms with Crippen LogP contribution in [0.15, 0.2) is 0 Å². The zero-order valence-corrected chi connectivity index (χ0v) is 10.2. The Morgan fingerprint density at radius 2 is 1.71 bits per heavy atom. The minimum atomic E-state index is -1.06. The summed E-state index contributed by atoms with van der Waals surface area (Å²) in [7, 11) is -1.06. The Bertz CT molecular complexity index is 240. The van der Waals surface area contributed by atoms with Crippen LogP contribution in [0.25, 0.3) is 0 Å². The van der Waals surface area contributed by atoms with E-state index in [9.17, 15) is 9.00 Å². The topological polar surface area (TPSA) is 34.1 Å². The van der Waals surface area contributed by atoms with Crippen molar-refractivity contribution in [2.24, 2.45) is 5.92 Å². The van der Waals surface area contributed by atoms with Crippen molar-refractivity contribution in [3.8, 4) is 0 Å². The highest BCUT2D eigenvalue weighted by Crippen LogP contribution is 2.29. The largest absolute Gasteiger partial charge is 0.298 e. The first-order valence-electron chi connectivity index (χ1n) is 5.34. The van der Waals surface area contributed by atoms with Gasteiger partial charge in [0, 0.05) is 23.0 Å². The van der Waals surface area contributed by atoms with Gasteiger partial charge in [0.25, 0.3) is 0 Å². The number of hydrogen-bond donors (Lipinski definition) is 0. The van der Waals surface area contributed by atoms with Crippen LogP contribution >= 0.6 is 0 Å². The van der Waals surface area contributed by atoms with E-state index in [0.717, 1.165) is 25.7 Å². The monoisotopic (exact) mass is 216 g/mol. The van der Waals surface area contributed by atoms with Crippen molar-refractivity contribution in [1.29, 1.82) is 0 Å². The maximum absolute atomic E-state index is 12.1. The molecule has 1 aliphatic rings. The van der Waals surface area contributed by atoms with Crippen molar-refractivity contribution in [2.75, 3.05) is 6.26 Å². The molecule has 1 aliphatic carbocycles. The van der Waals surface area contributed by atoms with Crippen LogP contribution in [-0.4, -0.2) is 21.0 Å². The molecule has 1 saturated carbocycles. The predicted molar refractivity (Wildman–Crippen MR) is 59.7 cm³/mol. The van der Waals surface area contributed by atoms with Crippen LogP contribution in [-0.2, 0) is 15.6 Å². The van der Waals surface area contributed by atoms with E-state index in [1.165, 1.54) is 6.42 Å². The Morgan fingerprint density at radius 1 is 1.21 bits per heavy atom. The summed E-state index contributed by atoms with van der Waals surface area (Å²) in [6.07, 6.45) is 7.19. The quantitative estimate of drug-likeness (QED) is 0.725. The summed E-state index contributed by atoms with van der Waals surface area (Å²) in [6.45, 7) is 3.61. The van der Waals surface area contributed by atoms with Crippen LogP contribution in [0.5, 0.6) is 0 Å². The molecule has 2 nitrogen and oxygen atoms in total. The van der Waals surface area contributed by atoms with Crippen LogP contribution in [0.2, 0.25) is 0 Å². The molecule has 3 heteroatoms. The molecule has 0 radical (unpaired) electrons. The van der Waals surface area contributed by atoms with E-state index in [1.807, 2.05) is 0 Å². The number of Topliss-reactive ketones (excluding diaryl/α,β-unsaturated/α-hetero) is 1. The van der Waals surface area contributed by atoms with Gasteiger partial charge in [0.2, 0.25) is 0 Å². The first-order valence-corrected chi connectivity index (χ1v) is 6.90. The molecule has 0 heterocycles. The minimum Gasteiger partial charge on any atom is -0.298 e. The molecule has 1 atom stereocenters. The van der Waals surface area contributed by atoms with Gasteiger partial charge < -0.3 is 0 Å². The molecule has 0 aromatic carbocycles. The number of hydrogen-bond acceptors (Lipinski definition) is 2. The van der Waals surface area contributed by atoms with Crippen molar-refractivity contribution in [1.82, 2.24) is 0 Å². The van der Waals surface area contributed by atoms with Crippen molar-refractivity contribution in [2.45, 2.75) is 50.7 Å². The summed E-state index contributed by atoms with van der Waals surface area (Å²) in [5.74, 6) is 0.376. The summed E-state index contributed by atoms with van der Waals surface area (Å²) < 4.78 is 10.8. The number of ketones is 1. The van der Waals surface area contributed by atoms with E-state index < -0.39 is 15.5 Å². The highest BCUT2D eigenvalue weighted by atomic mass is 32.2. The summed E-state index contributed by atoms with van der Waals surface area (Å²) in [6, 6.07) is 0. The molecule has 0 amide bonds. The van der Waals surface area contributed by atoms with Gasteiger partial charge >= 0.3 is 0 Å². The molecule has 1 rings (SSSR count). The van der Waals surface area contributed by atoms with E-state index in [-0.39, 0.29) is 11.7 Å². The molecule has 82 valence electrons. The molecule has 0 N–H and O–H groups in total. The standard InChI is InChI=1S/C11H20O2S/c1-11(2,14(3)13)10(12)9-7-5-4-6-8-9/h9H,4-8H2,1-3H3. The molecule has 0 aromatic heterocycles. The average Bonchev–Trinajstić information content (AvgIpc) is 2.17. The van der Waals surface area contributed by atoms with E-state index >= 15 is 0 Å². The first kappa shape index (κ1) is 11.9. The van der Waals surface area contributed by atoms with Crippen LogP contribution in [0.1, 0.15) is 46.0 Å². The van der Waals surface area contributed by atoms with Crippen LogP contribution < -0.4 is 0 Å². The van der Waals surface area contributed by atoms with Crippen molar-refractivity contribution >= 4 is 16.6 Å².